The Morgan fingerprint density at radius 3 is 1.83 bits per heavy atom. The van der Waals surface area contributed by atoms with E-state index in [9.17, 15) is 0 Å². The van der Waals surface area contributed by atoms with Crippen molar-refractivity contribution in [1.82, 2.24) is 0 Å². The maximum Gasteiger partial charge on any atom is 0.321 e. The van der Waals surface area contributed by atoms with Gasteiger partial charge < -0.3 is 13.6 Å². The molecule has 0 heterocycles. The third kappa shape index (κ3) is 10.6. The van der Waals surface area contributed by atoms with Gasteiger partial charge in [-0.05, 0) is 96.4 Å². The molecule has 0 bridgehead atoms. The largest absolute Gasteiger partial charge is 0.394 e. The summed E-state index contributed by atoms with van der Waals surface area (Å²) in [6.07, 6.45) is 19.3. The minimum atomic E-state index is -1.55. The standard InChI is InChI=1S/C26H52O3Si/c1-6-7-8-10-23-11-13-24(14-12-23)25-15-17-26(18-16-25)27-19-9-20-30(28-21(2)3)29-22(4)5/h21-26,30H,6-20H2,1-5H3/t23-,24-,25-,26-. The lowest BCUT2D eigenvalue weighted by Crippen LogP contribution is -2.30. The first-order chi connectivity index (χ1) is 14.5. The van der Waals surface area contributed by atoms with E-state index in [-0.39, 0.29) is 12.2 Å². The molecule has 2 rings (SSSR count). The zero-order valence-electron chi connectivity index (χ0n) is 20.9. The van der Waals surface area contributed by atoms with E-state index in [1.807, 2.05) is 0 Å². The van der Waals surface area contributed by atoms with Gasteiger partial charge in [-0.25, -0.2) is 0 Å². The summed E-state index contributed by atoms with van der Waals surface area (Å²) in [5.74, 6) is 3.04. The fraction of sp³-hybridized carbons (Fsp3) is 1.00. The summed E-state index contributed by atoms with van der Waals surface area (Å²) in [7, 11) is -1.55. The van der Waals surface area contributed by atoms with Crippen LogP contribution in [0.2, 0.25) is 6.04 Å². The van der Waals surface area contributed by atoms with Crippen molar-refractivity contribution in [3.05, 3.63) is 0 Å². The molecule has 0 N–H and O–H groups in total. The number of ether oxygens (including phenoxy) is 1. The topological polar surface area (TPSA) is 27.7 Å². The van der Waals surface area contributed by atoms with E-state index in [0.29, 0.717) is 6.10 Å². The monoisotopic (exact) mass is 440 g/mol. The minimum Gasteiger partial charge on any atom is -0.394 e. The molecule has 30 heavy (non-hydrogen) atoms. The van der Waals surface area contributed by atoms with Crippen LogP contribution in [0, 0.1) is 17.8 Å². The summed E-state index contributed by atoms with van der Waals surface area (Å²) in [5.41, 5.74) is 0. The lowest BCUT2D eigenvalue weighted by molar-refractivity contribution is 0.00628. The predicted molar refractivity (Wildman–Crippen MR) is 130 cm³/mol. The molecule has 0 aromatic rings. The Hall–Kier alpha value is 0.0969. The van der Waals surface area contributed by atoms with Gasteiger partial charge in [0.2, 0.25) is 0 Å². The van der Waals surface area contributed by atoms with Gasteiger partial charge in [0.1, 0.15) is 0 Å². The zero-order chi connectivity index (χ0) is 21.8. The van der Waals surface area contributed by atoms with Gasteiger partial charge in [0.25, 0.3) is 0 Å². The summed E-state index contributed by atoms with van der Waals surface area (Å²) in [6, 6.07) is 1.06. The van der Waals surface area contributed by atoms with Crippen LogP contribution in [0.3, 0.4) is 0 Å². The van der Waals surface area contributed by atoms with E-state index in [1.165, 1.54) is 77.0 Å². The Kier molecular flexibility index (Phi) is 13.2. The molecular weight excluding hydrogens is 388 g/mol. The quantitative estimate of drug-likeness (QED) is 0.208. The van der Waals surface area contributed by atoms with Crippen molar-refractivity contribution < 1.29 is 13.6 Å². The van der Waals surface area contributed by atoms with Gasteiger partial charge in [-0.1, -0.05) is 45.4 Å². The summed E-state index contributed by atoms with van der Waals surface area (Å²) in [6.45, 7) is 11.6. The summed E-state index contributed by atoms with van der Waals surface area (Å²) >= 11 is 0. The van der Waals surface area contributed by atoms with Gasteiger partial charge in [0.05, 0.1) is 6.10 Å². The highest BCUT2D eigenvalue weighted by Gasteiger charge is 2.31. The van der Waals surface area contributed by atoms with Crippen molar-refractivity contribution in [3.8, 4) is 0 Å². The van der Waals surface area contributed by atoms with Crippen LogP contribution in [0.15, 0.2) is 0 Å². The van der Waals surface area contributed by atoms with E-state index >= 15 is 0 Å². The summed E-state index contributed by atoms with van der Waals surface area (Å²) < 4.78 is 18.3. The van der Waals surface area contributed by atoms with Crippen LogP contribution in [-0.2, 0) is 13.6 Å². The second-order valence-corrected chi connectivity index (χ2v) is 12.6. The average Bonchev–Trinajstić information content (AvgIpc) is 2.71. The smallest absolute Gasteiger partial charge is 0.321 e. The van der Waals surface area contributed by atoms with Gasteiger partial charge in [0.15, 0.2) is 0 Å². The van der Waals surface area contributed by atoms with Crippen LogP contribution in [0.1, 0.15) is 118 Å². The molecule has 0 atom stereocenters. The van der Waals surface area contributed by atoms with Gasteiger partial charge in [-0.2, -0.15) is 0 Å². The van der Waals surface area contributed by atoms with Gasteiger partial charge in [0, 0.05) is 18.8 Å². The van der Waals surface area contributed by atoms with Crippen LogP contribution in [-0.4, -0.2) is 34.2 Å². The zero-order valence-corrected chi connectivity index (χ0v) is 22.0. The third-order valence-electron chi connectivity index (χ3n) is 7.28. The van der Waals surface area contributed by atoms with Crippen LogP contribution >= 0.6 is 0 Å². The molecule has 0 radical (unpaired) electrons. The fourth-order valence-electron chi connectivity index (χ4n) is 5.63. The molecular formula is C26H52O3Si. The van der Waals surface area contributed by atoms with E-state index in [4.69, 9.17) is 13.6 Å². The van der Waals surface area contributed by atoms with E-state index in [2.05, 4.69) is 34.6 Å². The Bertz CT molecular complexity index is 403. The molecule has 0 unspecified atom stereocenters. The van der Waals surface area contributed by atoms with Crippen molar-refractivity contribution in [2.75, 3.05) is 6.61 Å². The molecule has 0 saturated heterocycles. The summed E-state index contributed by atoms with van der Waals surface area (Å²) in [4.78, 5) is 0. The molecule has 0 aliphatic heterocycles. The SMILES string of the molecule is CCCCC[C@H]1CC[C@H]([C@H]2CC[C@H](OCCC[SiH](OC(C)C)OC(C)C)CC2)CC1. The molecule has 2 saturated carbocycles. The first-order valence-corrected chi connectivity index (χ1v) is 15.2. The Labute approximate surface area is 189 Å². The number of hydrogen-bond donors (Lipinski definition) is 0. The fourth-order valence-corrected chi connectivity index (χ4v) is 7.68. The van der Waals surface area contributed by atoms with Crippen LogP contribution in [0.25, 0.3) is 0 Å². The molecule has 0 aromatic carbocycles. The number of hydrogen-bond acceptors (Lipinski definition) is 3. The van der Waals surface area contributed by atoms with Crippen molar-refractivity contribution in [2.24, 2.45) is 17.8 Å². The molecule has 3 nitrogen and oxygen atoms in total. The van der Waals surface area contributed by atoms with Crippen LogP contribution < -0.4 is 0 Å². The Morgan fingerprint density at radius 1 is 0.733 bits per heavy atom. The maximum atomic E-state index is 6.26. The van der Waals surface area contributed by atoms with E-state index in [0.717, 1.165) is 36.8 Å². The first-order valence-electron chi connectivity index (χ1n) is 13.4. The Morgan fingerprint density at radius 2 is 1.30 bits per heavy atom. The molecule has 0 spiro atoms. The highest BCUT2D eigenvalue weighted by Crippen LogP contribution is 2.41. The second kappa shape index (κ2) is 15.0. The second-order valence-electron chi connectivity index (χ2n) is 10.6. The van der Waals surface area contributed by atoms with Crippen LogP contribution in [0.5, 0.6) is 0 Å². The first kappa shape index (κ1) is 26.4. The van der Waals surface area contributed by atoms with Gasteiger partial charge in [-0.15, -0.1) is 0 Å². The van der Waals surface area contributed by atoms with Crippen LogP contribution in [0.4, 0.5) is 0 Å². The average molecular weight is 441 g/mol. The normalized spacial score (nSPS) is 28.0. The van der Waals surface area contributed by atoms with Crippen molar-refractivity contribution >= 4 is 9.28 Å². The lowest BCUT2D eigenvalue weighted by Gasteiger charge is -2.38. The molecule has 178 valence electrons. The van der Waals surface area contributed by atoms with Gasteiger partial charge >= 0.3 is 9.28 Å². The molecule has 0 amide bonds. The predicted octanol–water partition coefficient (Wildman–Crippen LogP) is 7.41. The van der Waals surface area contributed by atoms with E-state index < -0.39 is 9.28 Å². The molecule has 2 aliphatic carbocycles. The van der Waals surface area contributed by atoms with E-state index in [1.54, 1.807) is 0 Å². The lowest BCUT2D eigenvalue weighted by atomic mass is 9.70. The highest BCUT2D eigenvalue weighted by atomic mass is 28.3. The highest BCUT2D eigenvalue weighted by molar-refractivity contribution is 6.44. The molecule has 2 aliphatic rings. The van der Waals surface area contributed by atoms with Crippen molar-refractivity contribution in [2.45, 2.75) is 142 Å². The third-order valence-corrected chi connectivity index (χ3v) is 9.85. The molecule has 2 fully saturated rings. The number of unbranched alkanes of at least 4 members (excludes halogenated alkanes) is 2. The molecule has 4 heteroatoms. The maximum absolute atomic E-state index is 6.26. The van der Waals surface area contributed by atoms with Crippen molar-refractivity contribution in [1.29, 1.82) is 0 Å². The Balaban J connectivity index is 1.55. The minimum absolute atomic E-state index is 0.267. The number of rotatable bonds is 14. The molecule has 0 aromatic heterocycles. The van der Waals surface area contributed by atoms with Crippen molar-refractivity contribution in [3.63, 3.8) is 0 Å². The van der Waals surface area contributed by atoms with Gasteiger partial charge in [-0.3, -0.25) is 0 Å². The summed E-state index contributed by atoms with van der Waals surface area (Å²) in [5, 5.41) is 0.